The van der Waals surface area contributed by atoms with E-state index in [1.807, 2.05) is 30.3 Å². The molecule has 0 spiro atoms. The summed E-state index contributed by atoms with van der Waals surface area (Å²) in [5.41, 5.74) is 7.49. The van der Waals surface area contributed by atoms with Crippen molar-refractivity contribution in [3.05, 3.63) is 65.7 Å². The third-order valence-corrected chi connectivity index (χ3v) is 4.67. The molecule has 30 heavy (non-hydrogen) atoms. The molecule has 0 radical (unpaired) electrons. The standard InChI is InChI=1S/C21H25NO7S/c1-3-27-19(23)13-18(16-9-11-17(12-10-16)29-30(2,25)26)20(22)21(24)28-14-15-7-5-4-6-8-15/h4-12,18,20H,3,13-14,22H2,1-2H3. The Labute approximate surface area is 176 Å². The molecule has 2 aromatic carbocycles. The molecule has 162 valence electrons. The van der Waals surface area contributed by atoms with Gasteiger partial charge in [-0.2, -0.15) is 8.42 Å². The van der Waals surface area contributed by atoms with Crippen molar-refractivity contribution in [3.63, 3.8) is 0 Å². The number of ether oxygens (including phenoxy) is 2. The van der Waals surface area contributed by atoms with Crippen LogP contribution in [0.1, 0.15) is 30.4 Å². The van der Waals surface area contributed by atoms with E-state index in [-0.39, 0.29) is 25.4 Å². The van der Waals surface area contributed by atoms with Crippen LogP contribution in [0, 0.1) is 0 Å². The third kappa shape index (κ3) is 7.49. The van der Waals surface area contributed by atoms with E-state index in [0.29, 0.717) is 5.56 Å². The van der Waals surface area contributed by atoms with Crippen molar-refractivity contribution in [2.75, 3.05) is 12.9 Å². The Kier molecular flexibility index (Phi) is 8.37. The number of rotatable bonds is 10. The van der Waals surface area contributed by atoms with E-state index in [4.69, 9.17) is 19.4 Å². The number of carbonyl (C=O) groups is 2. The molecule has 0 aliphatic rings. The largest absolute Gasteiger partial charge is 0.466 e. The first kappa shape index (κ1) is 23.4. The first-order chi connectivity index (χ1) is 14.2. The Hall–Kier alpha value is -2.91. The van der Waals surface area contributed by atoms with Gasteiger partial charge in [0, 0.05) is 5.92 Å². The molecule has 2 N–H and O–H groups in total. The first-order valence-electron chi connectivity index (χ1n) is 9.30. The molecule has 2 rings (SSSR count). The smallest absolute Gasteiger partial charge is 0.323 e. The highest BCUT2D eigenvalue weighted by atomic mass is 32.2. The zero-order valence-electron chi connectivity index (χ0n) is 16.8. The van der Waals surface area contributed by atoms with Crippen LogP contribution in [0.15, 0.2) is 54.6 Å². The summed E-state index contributed by atoms with van der Waals surface area (Å²) in [6.07, 6.45) is 0.796. The Morgan fingerprint density at radius 3 is 2.20 bits per heavy atom. The molecule has 0 bridgehead atoms. The first-order valence-corrected chi connectivity index (χ1v) is 11.1. The van der Waals surface area contributed by atoms with Crippen LogP contribution in [0.5, 0.6) is 5.75 Å². The Bertz CT molecular complexity index is 943. The Morgan fingerprint density at radius 2 is 1.63 bits per heavy atom. The molecule has 0 aromatic heterocycles. The van der Waals surface area contributed by atoms with Gasteiger partial charge in [-0.25, -0.2) is 0 Å². The van der Waals surface area contributed by atoms with Crippen LogP contribution in [0.25, 0.3) is 0 Å². The fourth-order valence-corrected chi connectivity index (χ4v) is 3.25. The molecule has 0 saturated heterocycles. The lowest BCUT2D eigenvalue weighted by molar-refractivity contribution is -0.148. The highest BCUT2D eigenvalue weighted by Crippen LogP contribution is 2.27. The summed E-state index contributed by atoms with van der Waals surface area (Å²) in [4.78, 5) is 24.6. The van der Waals surface area contributed by atoms with Crippen LogP contribution in [-0.2, 0) is 35.8 Å². The van der Waals surface area contributed by atoms with Crippen molar-refractivity contribution in [1.82, 2.24) is 0 Å². The van der Waals surface area contributed by atoms with Crippen LogP contribution >= 0.6 is 0 Å². The Balaban J connectivity index is 2.16. The number of esters is 2. The number of hydrogen-bond acceptors (Lipinski definition) is 8. The third-order valence-electron chi connectivity index (χ3n) is 4.18. The molecule has 2 aromatic rings. The van der Waals surface area contributed by atoms with E-state index in [2.05, 4.69) is 0 Å². The van der Waals surface area contributed by atoms with Gasteiger partial charge in [-0.1, -0.05) is 42.5 Å². The average molecular weight is 435 g/mol. The van der Waals surface area contributed by atoms with Crippen LogP contribution in [0.4, 0.5) is 0 Å². The Morgan fingerprint density at radius 1 is 1.00 bits per heavy atom. The lowest BCUT2D eigenvalue weighted by Gasteiger charge is -2.22. The maximum atomic E-state index is 12.5. The zero-order valence-corrected chi connectivity index (χ0v) is 17.6. The van der Waals surface area contributed by atoms with Gasteiger partial charge < -0.3 is 19.4 Å². The normalized spacial score (nSPS) is 13.2. The van der Waals surface area contributed by atoms with Crippen molar-refractivity contribution in [2.24, 2.45) is 5.73 Å². The van der Waals surface area contributed by atoms with Gasteiger partial charge in [0.05, 0.1) is 19.3 Å². The van der Waals surface area contributed by atoms with E-state index in [1.165, 1.54) is 12.1 Å². The number of carbonyl (C=O) groups excluding carboxylic acids is 2. The van der Waals surface area contributed by atoms with Crippen LogP contribution < -0.4 is 9.92 Å². The highest BCUT2D eigenvalue weighted by molar-refractivity contribution is 7.86. The van der Waals surface area contributed by atoms with E-state index in [9.17, 15) is 18.0 Å². The van der Waals surface area contributed by atoms with Gasteiger partial charge in [-0.3, -0.25) is 9.59 Å². The minimum absolute atomic E-state index is 0.0562. The topological polar surface area (TPSA) is 122 Å². The summed E-state index contributed by atoms with van der Waals surface area (Å²) in [5, 5.41) is 0. The van der Waals surface area contributed by atoms with Gasteiger partial charge in [0.25, 0.3) is 0 Å². The molecule has 0 aliphatic carbocycles. The van der Waals surface area contributed by atoms with E-state index >= 15 is 0 Å². The van der Waals surface area contributed by atoms with Gasteiger partial charge in [-0.15, -0.1) is 0 Å². The monoisotopic (exact) mass is 435 g/mol. The van der Waals surface area contributed by atoms with Crippen molar-refractivity contribution in [3.8, 4) is 5.75 Å². The summed E-state index contributed by atoms with van der Waals surface area (Å²) < 4.78 is 37.6. The summed E-state index contributed by atoms with van der Waals surface area (Å²) >= 11 is 0. The molecular formula is C21H25NO7S. The van der Waals surface area contributed by atoms with Crippen LogP contribution in [-0.4, -0.2) is 39.3 Å². The quantitative estimate of drug-likeness (QED) is 0.445. The van der Waals surface area contributed by atoms with Crippen molar-refractivity contribution >= 4 is 22.1 Å². The number of hydrogen-bond donors (Lipinski definition) is 1. The summed E-state index contributed by atoms with van der Waals surface area (Å²) in [6, 6.07) is 14.0. The molecule has 2 unspecified atom stereocenters. The van der Waals surface area contributed by atoms with E-state index in [0.717, 1.165) is 11.8 Å². The number of nitrogens with two attached hydrogens (primary N) is 1. The highest BCUT2D eigenvalue weighted by Gasteiger charge is 2.30. The second-order valence-corrected chi connectivity index (χ2v) is 8.17. The van der Waals surface area contributed by atoms with Gasteiger partial charge >= 0.3 is 22.1 Å². The minimum atomic E-state index is -3.67. The second kappa shape index (κ2) is 10.7. The molecule has 0 aliphatic heterocycles. The maximum Gasteiger partial charge on any atom is 0.323 e. The van der Waals surface area contributed by atoms with E-state index < -0.39 is 34.0 Å². The summed E-state index contributed by atoms with van der Waals surface area (Å²) in [6.45, 7) is 1.93. The predicted molar refractivity (Wildman–Crippen MR) is 110 cm³/mol. The van der Waals surface area contributed by atoms with Gasteiger partial charge in [0.15, 0.2) is 0 Å². The molecule has 0 amide bonds. The summed E-state index contributed by atoms with van der Waals surface area (Å²) in [5.74, 6) is -1.79. The van der Waals surface area contributed by atoms with Crippen LogP contribution in [0.3, 0.4) is 0 Å². The van der Waals surface area contributed by atoms with Crippen molar-refractivity contribution in [2.45, 2.75) is 31.9 Å². The molecule has 0 heterocycles. The predicted octanol–water partition coefficient (Wildman–Crippen LogP) is 2.13. The SMILES string of the molecule is CCOC(=O)CC(c1ccc(OS(C)(=O)=O)cc1)C(N)C(=O)OCc1ccccc1. The second-order valence-electron chi connectivity index (χ2n) is 6.59. The minimum Gasteiger partial charge on any atom is -0.466 e. The fraction of sp³-hybridized carbons (Fsp3) is 0.333. The van der Waals surface area contributed by atoms with Crippen molar-refractivity contribution in [1.29, 1.82) is 0 Å². The van der Waals surface area contributed by atoms with E-state index in [1.54, 1.807) is 19.1 Å². The molecule has 9 heteroatoms. The summed E-state index contributed by atoms with van der Waals surface area (Å²) in [7, 11) is -3.67. The fourth-order valence-electron chi connectivity index (χ4n) is 2.79. The maximum absolute atomic E-state index is 12.5. The lowest BCUT2D eigenvalue weighted by Crippen LogP contribution is -2.39. The lowest BCUT2D eigenvalue weighted by atomic mass is 9.89. The zero-order chi connectivity index (χ0) is 22.1. The molecular weight excluding hydrogens is 410 g/mol. The molecule has 8 nitrogen and oxygen atoms in total. The molecule has 0 fully saturated rings. The van der Waals surface area contributed by atoms with Crippen LogP contribution in [0.2, 0.25) is 0 Å². The molecule has 2 atom stereocenters. The van der Waals surface area contributed by atoms with Gasteiger partial charge in [0.2, 0.25) is 0 Å². The van der Waals surface area contributed by atoms with Gasteiger partial charge in [0.1, 0.15) is 18.4 Å². The number of benzene rings is 2. The van der Waals surface area contributed by atoms with Crippen molar-refractivity contribution < 1.29 is 31.7 Å². The van der Waals surface area contributed by atoms with Gasteiger partial charge in [-0.05, 0) is 30.2 Å². The average Bonchev–Trinajstić information content (AvgIpc) is 2.70. The molecule has 0 saturated carbocycles.